The van der Waals surface area contributed by atoms with Crippen LogP contribution in [-0.2, 0) is 4.79 Å². The maximum Gasteiger partial charge on any atom is 0.120 e. The minimum atomic E-state index is 0.458. The van der Waals surface area contributed by atoms with E-state index in [1.807, 2.05) is 0 Å². The first kappa shape index (κ1) is 10.2. The molecule has 1 heteroatoms. The molecule has 3 saturated carbocycles. The van der Waals surface area contributed by atoms with E-state index in [2.05, 4.69) is 20.8 Å². The number of fused-ring (bicyclic) bond motifs is 2. The number of hydrogen-bond acceptors (Lipinski definition) is 1. The Hall–Kier alpha value is -0.330. The number of carbonyl (C=O) groups is 1. The summed E-state index contributed by atoms with van der Waals surface area (Å²) in [5.74, 6) is 1.84. The van der Waals surface area contributed by atoms with Gasteiger partial charge < -0.3 is 4.79 Å². The van der Waals surface area contributed by atoms with Gasteiger partial charge >= 0.3 is 0 Å². The van der Waals surface area contributed by atoms with Crippen molar-refractivity contribution in [2.75, 3.05) is 0 Å². The summed E-state index contributed by atoms with van der Waals surface area (Å²) in [6.07, 6.45) is 7.11. The highest BCUT2D eigenvalue weighted by Gasteiger charge is 2.58. The molecule has 14 heavy (non-hydrogen) atoms. The molecule has 1 nitrogen and oxygen atoms in total. The summed E-state index contributed by atoms with van der Waals surface area (Å²) in [5.41, 5.74) is 1.01. The highest BCUT2D eigenvalue weighted by Crippen LogP contribution is 2.66. The lowest BCUT2D eigenvalue weighted by Crippen LogP contribution is -2.56. The van der Waals surface area contributed by atoms with Crippen LogP contribution in [0.4, 0.5) is 0 Å². The van der Waals surface area contributed by atoms with Crippen molar-refractivity contribution < 1.29 is 4.79 Å². The molecule has 0 heterocycles. The highest BCUT2D eigenvalue weighted by molar-refractivity contribution is 5.49. The van der Waals surface area contributed by atoms with E-state index in [0.29, 0.717) is 10.8 Å². The van der Waals surface area contributed by atoms with Crippen LogP contribution in [0.1, 0.15) is 52.9 Å². The quantitative estimate of drug-likeness (QED) is 0.629. The maximum absolute atomic E-state index is 10.5. The van der Waals surface area contributed by atoms with Crippen molar-refractivity contribution in [3.8, 4) is 0 Å². The van der Waals surface area contributed by atoms with Crippen molar-refractivity contribution >= 4 is 6.29 Å². The Labute approximate surface area is 87.3 Å². The zero-order valence-electron chi connectivity index (χ0n) is 9.68. The first-order valence-electron chi connectivity index (χ1n) is 5.94. The van der Waals surface area contributed by atoms with Crippen molar-refractivity contribution in [1.29, 1.82) is 0 Å². The third kappa shape index (κ3) is 1.24. The average Bonchev–Trinajstić information content (AvgIpc) is 2.14. The average molecular weight is 194 g/mol. The Morgan fingerprint density at radius 1 is 1.36 bits per heavy atom. The van der Waals surface area contributed by atoms with Gasteiger partial charge in [-0.05, 0) is 48.3 Å². The van der Waals surface area contributed by atoms with Crippen LogP contribution < -0.4 is 0 Å². The third-order valence-corrected chi connectivity index (χ3v) is 5.21. The molecule has 0 saturated heterocycles. The Morgan fingerprint density at radius 2 is 2.07 bits per heavy atom. The van der Waals surface area contributed by atoms with E-state index >= 15 is 0 Å². The zero-order valence-corrected chi connectivity index (χ0v) is 9.68. The van der Waals surface area contributed by atoms with Crippen LogP contribution in [0.25, 0.3) is 0 Å². The van der Waals surface area contributed by atoms with E-state index < -0.39 is 0 Å². The second-order valence-corrected chi connectivity index (χ2v) is 6.20. The van der Waals surface area contributed by atoms with Crippen LogP contribution in [0.5, 0.6) is 0 Å². The van der Waals surface area contributed by atoms with Crippen molar-refractivity contribution in [2.45, 2.75) is 52.9 Å². The molecule has 0 aromatic rings. The van der Waals surface area contributed by atoms with Crippen LogP contribution >= 0.6 is 0 Å². The number of aldehydes is 1. The standard InChI is InChI=1S/C13H22O/c1-12(2)10-5-7-13(3,6-4-8-14)11(12)9-10/h8,10-11H,4-7,9H2,1-3H3. The summed E-state index contributed by atoms with van der Waals surface area (Å²) >= 11 is 0. The summed E-state index contributed by atoms with van der Waals surface area (Å²) in [6.45, 7) is 7.24. The number of rotatable bonds is 3. The molecular weight excluding hydrogens is 172 g/mol. The van der Waals surface area contributed by atoms with Crippen LogP contribution in [0, 0.1) is 22.7 Å². The second-order valence-electron chi connectivity index (χ2n) is 6.20. The topological polar surface area (TPSA) is 17.1 Å². The summed E-state index contributed by atoms with van der Waals surface area (Å²) in [4.78, 5) is 10.5. The minimum Gasteiger partial charge on any atom is -0.303 e. The molecule has 0 aliphatic heterocycles. The van der Waals surface area contributed by atoms with Gasteiger partial charge in [-0.2, -0.15) is 0 Å². The largest absolute Gasteiger partial charge is 0.303 e. The first-order chi connectivity index (χ1) is 6.50. The molecule has 0 spiro atoms. The molecule has 0 aromatic carbocycles. The molecule has 3 rings (SSSR count). The molecular formula is C13H22O. The first-order valence-corrected chi connectivity index (χ1v) is 5.94. The normalized spacial score (nSPS) is 44.2. The lowest BCUT2D eigenvalue weighted by Gasteiger charge is -2.64. The smallest absolute Gasteiger partial charge is 0.120 e. The third-order valence-electron chi connectivity index (χ3n) is 5.21. The van der Waals surface area contributed by atoms with Gasteiger partial charge in [-0.1, -0.05) is 20.8 Å². The van der Waals surface area contributed by atoms with Crippen LogP contribution in [0.15, 0.2) is 0 Å². The summed E-state index contributed by atoms with van der Waals surface area (Å²) in [7, 11) is 0. The molecule has 3 atom stereocenters. The molecule has 3 fully saturated rings. The lowest BCUT2D eigenvalue weighted by molar-refractivity contribution is -0.153. The Balaban J connectivity index is 2.09. The number of hydrogen-bond donors (Lipinski definition) is 0. The molecule has 0 N–H and O–H groups in total. The Bertz CT molecular complexity index is 242. The van der Waals surface area contributed by atoms with Gasteiger partial charge in [0, 0.05) is 6.42 Å². The van der Waals surface area contributed by atoms with Crippen LogP contribution in [0.2, 0.25) is 0 Å². The SMILES string of the molecule is CC1(CCC=O)CCC2CC1C2(C)C. The Morgan fingerprint density at radius 3 is 2.57 bits per heavy atom. The molecule has 0 amide bonds. The molecule has 3 aliphatic carbocycles. The van der Waals surface area contributed by atoms with Crippen molar-refractivity contribution in [2.24, 2.45) is 22.7 Å². The van der Waals surface area contributed by atoms with E-state index in [0.717, 1.165) is 31.0 Å². The molecule has 3 aliphatic rings. The summed E-state index contributed by atoms with van der Waals surface area (Å²) in [6, 6.07) is 0. The fraction of sp³-hybridized carbons (Fsp3) is 0.923. The molecule has 0 aromatic heterocycles. The van der Waals surface area contributed by atoms with Gasteiger partial charge in [0.2, 0.25) is 0 Å². The van der Waals surface area contributed by atoms with Gasteiger partial charge in [0.1, 0.15) is 6.29 Å². The van der Waals surface area contributed by atoms with Crippen LogP contribution in [-0.4, -0.2) is 6.29 Å². The van der Waals surface area contributed by atoms with Gasteiger partial charge in [-0.15, -0.1) is 0 Å². The van der Waals surface area contributed by atoms with Gasteiger partial charge in [0.15, 0.2) is 0 Å². The van der Waals surface area contributed by atoms with E-state index in [9.17, 15) is 4.79 Å². The van der Waals surface area contributed by atoms with Gasteiger partial charge in [-0.25, -0.2) is 0 Å². The van der Waals surface area contributed by atoms with Crippen molar-refractivity contribution in [3.63, 3.8) is 0 Å². The molecule has 2 bridgehead atoms. The number of carbonyl (C=O) groups excluding carboxylic acids is 1. The summed E-state index contributed by atoms with van der Waals surface area (Å²) in [5, 5.41) is 0. The fourth-order valence-corrected chi connectivity index (χ4v) is 4.05. The van der Waals surface area contributed by atoms with E-state index in [1.54, 1.807) is 0 Å². The van der Waals surface area contributed by atoms with E-state index in [1.165, 1.54) is 19.3 Å². The molecule has 80 valence electrons. The van der Waals surface area contributed by atoms with Crippen molar-refractivity contribution in [3.05, 3.63) is 0 Å². The van der Waals surface area contributed by atoms with Gasteiger partial charge in [0.05, 0.1) is 0 Å². The lowest BCUT2D eigenvalue weighted by atomic mass is 9.40. The fourth-order valence-electron chi connectivity index (χ4n) is 4.05. The minimum absolute atomic E-state index is 0.458. The predicted molar refractivity (Wildman–Crippen MR) is 58.0 cm³/mol. The van der Waals surface area contributed by atoms with Gasteiger partial charge in [-0.3, -0.25) is 0 Å². The predicted octanol–water partition coefficient (Wildman–Crippen LogP) is 3.43. The van der Waals surface area contributed by atoms with E-state index in [4.69, 9.17) is 0 Å². The highest BCUT2D eigenvalue weighted by atomic mass is 16.1. The van der Waals surface area contributed by atoms with Gasteiger partial charge in [0.25, 0.3) is 0 Å². The maximum atomic E-state index is 10.5. The second kappa shape index (κ2) is 3.08. The van der Waals surface area contributed by atoms with Crippen molar-refractivity contribution in [1.82, 2.24) is 0 Å². The summed E-state index contributed by atoms with van der Waals surface area (Å²) < 4.78 is 0. The molecule has 3 unspecified atom stereocenters. The molecule has 0 radical (unpaired) electrons. The monoisotopic (exact) mass is 194 g/mol. The van der Waals surface area contributed by atoms with E-state index in [-0.39, 0.29) is 0 Å². The van der Waals surface area contributed by atoms with Crippen LogP contribution in [0.3, 0.4) is 0 Å². The Kier molecular flexibility index (Phi) is 2.24. The zero-order chi connectivity index (χ0) is 10.4.